The summed E-state index contributed by atoms with van der Waals surface area (Å²) in [7, 11) is 0. The van der Waals surface area contributed by atoms with Crippen LogP contribution in [-0.2, 0) is 0 Å². The van der Waals surface area contributed by atoms with E-state index in [1.807, 2.05) is 0 Å². The van der Waals surface area contributed by atoms with Crippen molar-refractivity contribution in [3.8, 4) is 0 Å². The fraction of sp³-hybridized carbons (Fsp3) is 1.00. The Balaban J connectivity index is 2.01. The Kier molecular flexibility index (Phi) is 2.12. The van der Waals surface area contributed by atoms with Crippen LogP contribution in [0.1, 0.15) is 20.3 Å². The molecule has 0 saturated carbocycles. The van der Waals surface area contributed by atoms with Gasteiger partial charge in [-0.15, -0.1) is 0 Å². The Hall–Kier alpha value is -0.160. The molecule has 0 radical (unpaired) electrons. The van der Waals surface area contributed by atoms with Gasteiger partial charge in [0.25, 0.3) is 0 Å². The van der Waals surface area contributed by atoms with Crippen LogP contribution >= 0.6 is 0 Å². The van der Waals surface area contributed by atoms with Crippen LogP contribution in [0.15, 0.2) is 0 Å². The highest BCUT2D eigenvalue weighted by Crippen LogP contribution is 2.37. The molecule has 0 aliphatic carbocycles. The molecule has 3 saturated heterocycles. The molecule has 0 aromatic carbocycles. The Morgan fingerprint density at radius 1 is 0.867 bits per heavy atom. The van der Waals surface area contributed by atoms with Gasteiger partial charge in [0.05, 0.1) is 5.66 Å². The second-order valence-electron chi connectivity index (χ2n) is 5.33. The van der Waals surface area contributed by atoms with E-state index in [2.05, 4.69) is 34.3 Å². The van der Waals surface area contributed by atoms with Crippen molar-refractivity contribution in [3.63, 3.8) is 0 Å². The Bertz CT molecular complexity index is 243. The average Bonchev–Trinajstić information content (AvgIpc) is 2.20. The first-order chi connectivity index (χ1) is 7.17. The van der Waals surface area contributed by atoms with Crippen molar-refractivity contribution in [3.05, 3.63) is 0 Å². The monoisotopic (exact) mass is 210 g/mol. The van der Waals surface area contributed by atoms with E-state index in [-0.39, 0.29) is 11.3 Å². The topological polar surface area (TPSA) is 30.5 Å². The molecule has 0 unspecified atom stereocenters. The molecule has 15 heavy (non-hydrogen) atoms. The van der Waals surface area contributed by atoms with Gasteiger partial charge in [-0.2, -0.15) is 0 Å². The van der Waals surface area contributed by atoms with E-state index in [0.29, 0.717) is 0 Å². The summed E-state index contributed by atoms with van der Waals surface area (Å²) in [5.41, 5.74) is 0.228. The molecular weight excluding hydrogens is 188 g/mol. The van der Waals surface area contributed by atoms with E-state index >= 15 is 0 Å². The van der Waals surface area contributed by atoms with Crippen molar-refractivity contribution >= 4 is 0 Å². The molecule has 0 amide bonds. The van der Waals surface area contributed by atoms with Gasteiger partial charge in [-0.05, 0) is 20.3 Å². The summed E-state index contributed by atoms with van der Waals surface area (Å²) in [4.78, 5) is 5.30. The zero-order valence-corrected chi connectivity index (χ0v) is 9.84. The highest BCUT2D eigenvalue weighted by Gasteiger charge is 2.57. The SMILES string of the molecule is C[C@]12NCCN3CCCN(CCN1)[C@@]32C. The van der Waals surface area contributed by atoms with Crippen molar-refractivity contribution in [2.24, 2.45) is 0 Å². The molecular formula is C11H22N4. The van der Waals surface area contributed by atoms with Crippen LogP contribution in [0.3, 0.4) is 0 Å². The minimum Gasteiger partial charge on any atom is -0.296 e. The van der Waals surface area contributed by atoms with Gasteiger partial charge in [-0.1, -0.05) is 0 Å². The summed E-state index contributed by atoms with van der Waals surface area (Å²) < 4.78 is 0. The quantitative estimate of drug-likeness (QED) is 0.571. The maximum Gasteiger partial charge on any atom is 0.103 e. The van der Waals surface area contributed by atoms with Crippen LogP contribution in [0.25, 0.3) is 0 Å². The number of rotatable bonds is 0. The first-order valence-electron chi connectivity index (χ1n) is 6.17. The van der Waals surface area contributed by atoms with Crippen molar-refractivity contribution in [2.75, 3.05) is 39.3 Å². The van der Waals surface area contributed by atoms with Crippen LogP contribution in [0, 0.1) is 0 Å². The molecule has 3 aliphatic heterocycles. The van der Waals surface area contributed by atoms with E-state index in [4.69, 9.17) is 0 Å². The second-order valence-corrected chi connectivity index (χ2v) is 5.33. The second kappa shape index (κ2) is 3.17. The lowest BCUT2D eigenvalue weighted by molar-refractivity contribution is -0.178. The van der Waals surface area contributed by atoms with Crippen LogP contribution in [0.4, 0.5) is 0 Å². The molecule has 0 aromatic rings. The molecule has 3 rings (SSSR count). The molecule has 4 heteroatoms. The van der Waals surface area contributed by atoms with E-state index in [1.165, 1.54) is 32.6 Å². The fourth-order valence-electron chi connectivity index (χ4n) is 3.66. The summed E-state index contributed by atoms with van der Waals surface area (Å²) in [6.45, 7) is 11.8. The molecule has 0 spiro atoms. The van der Waals surface area contributed by atoms with Crippen LogP contribution in [0.5, 0.6) is 0 Å². The predicted octanol–water partition coefficient (Wildman–Crippen LogP) is -0.367. The molecule has 3 fully saturated rings. The summed E-state index contributed by atoms with van der Waals surface area (Å²) in [6.07, 6.45) is 1.33. The van der Waals surface area contributed by atoms with Gasteiger partial charge in [0.2, 0.25) is 0 Å². The molecule has 0 aromatic heterocycles. The number of piperazine rings is 2. The van der Waals surface area contributed by atoms with Crippen LogP contribution in [0.2, 0.25) is 0 Å². The number of hydrogen-bond acceptors (Lipinski definition) is 4. The van der Waals surface area contributed by atoms with Crippen LogP contribution in [-0.4, -0.2) is 60.4 Å². The van der Waals surface area contributed by atoms with Gasteiger partial charge in [-0.3, -0.25) is 20.4 Å². The van der Waals surface area contributed by atoms with Gasteiger partial charge in [0.15, 0.2) is 0 Å². The first kappa shape index (κ1) is 10.0. The average molecular weight is 210 g/mol. The fourth-order valence-corrected chi connectivity index (χ4v) is 3.66. The summed E-state index contributed by atoms with van der Waals surface area (Å²) in [5, 5.41) is 7.34. The molecule has 0 bridgehead atoms. The van der Waals surface area contributed by atoms with Crippen molar-refractivity contribution < 1.29 is 0 Å². The normalized spacial score (nSPS) is 47.6. The molecule has 3 aliphatic rings. The largest absolute Gasteiger partial charge is 0.296 e. The maximum absolute atomic E-state index is 3.67. The summed E-state index contributed by atoms with van der Waals surface area (Å²) in [5.74, 6) is 0. The lowest BCUT2D eigenvalue weighted by Crippen LogP contribution is -2.87. The molecule has 0 atom stereocenters. The molecule has 2 N–H and O–H groups in total. The van der Waals surface area contributed by atoms with Gasteiger partial charge >= 0.3 is 0 Å². The van der Waals surface area contributed by atoms with Crippen molar-refractivity contribution in [2.45, 2.75) is 31.6 Å². The van der Waals surface area contributed by atoms with E-state index < -0.39 is 0 Å². The third-order valence-electron chi connectivity index (χ3n) is 4.76. The Morgan fingerprint density at radius 2 is 1.40 bits per heavy atom. The van der Waals surface area contributed by atoms with Gasteiger partial charge in [0.1, 0.15) is 5.66 Å². The number of hydrogen-bond donors (Lipinski definition) is 2. The molecule has 4 nitrogen and oxygen atoms in total. The zero-order chi connectivity index (χ0) is 10.5. The van der Waals surface area contributed by atoms with E-state index in [1.54, 1.807) is 0 Å². The first-order valence-corrected chi connectivity index (χ1v) is 6.17. The standard InChI is InChI=1S/C11H22N4/c1-10-11(2)14(8-4-12-10)6-3-7-15(11)9-5-13-10/h12-13H,3-9H2,1-2H3/t10-,11+. The minimum absolute atomic E-state index is 0.0594. The highest BCUT2D eigenvalue weighted by molar-refractivity contribution is 5.11. The third kappa shape index (κ3) is 1.16. The maximum atomic E-state index is 3.67. The lowest BCUT2D eigenvalue weighted by atomic mass is 9.85. The van der Waals surface area contributed by atoms with Gasteiger partial charge in [0, 0.05) is 39.3 Å². The molecule has 86 valence electrons. The van der Waals surface area contributed by atoms with Crippen molar-refractivity contribution in [1.82, 2.24) is 20.4 Å². The highest BCUT2D eigenvalue weighted by atomic mass is 15.5. The number of nitrogens with one attached hydrogen (secondary N) is 2. The smallest absolute Gasteiger partial charge is 0.103 e. The van der Waals surface area contributed by atoms with Gasteiger partial charge < -0.3 is 0 Å². The van der Waals surface area contributed by atoms with Gasteiger partial charge in [-0.25, -0.2) is 0 Å². The zero-order valence-electron chi connectivity index (χ0n) is 9.84. The Labute approximate surface area is 92.0 Å². The van der Waals surface area contributed by atoms with Crippen molar-refractivity contribution in [1.29, 1.82) is 0 Å². The van der Waals surface area contributed by atoms with E-state index in [9.17, 15) is 0 Å². The number of nitrogens with zero attached hydrogens (tertiary/aromatic N) is 2. The van der Waals surface area contributed by atoms with Crippen LogP contribution < -0.4 is 10.6 Å². The molecule has 3 heterocycles. The Morgan fingerprint density at radius 3 is 1.93 bits per heavy atom. The third-order valence-corrected chi connectivity index (χ3v) is 4.76. The predicted molar refractivity (Wildman–Crippen MR) is 60.6 cm³/mol. The lowest BCUT2D eigenvalue weighted by Gasteiger charge is -2.66. The summed E-state index contributed by atoms with van der Waals surface area (Å²) >= 11 is 0. The van der Waals surface area contributed by atoms with E-state index in [0.717, 1.165) is 13.1 Å². The minimum atomic E-state index is 0.0594. The summed E-state index contributed by atoms with van der Waals surface area (Å²) in [6, 6.07) is 0.